The first-order chi connectivity index (χ1) is 12.2. The number of carbonyl (C=O) groups is 2. The highest BCUT2D eigenvalue weighted by Crippen LogP contribution is 2.20. The van der Waals surface area contributed by atoms with Crippen LogP contribution in [0.2, 0.25) is 0 Å². The minimum absolute atomic E-state index is 0.105. The average molecular weight is 338 g/mol. The number of carbonyl (C=O) groups excluding carboxylic acids is 2. The van der Waals surface area contributed by atoms with Crippen LogP contribution in [0.4, 0.5) is 0 Å². The lowest BCUT2D eigenvalue weighted by Gasteiger charge is -2.24. The number of hydrogen-bond acceptors (Lipinski definition) is 4. The second-order valence-corrected chi connectivity index (χ2v) is 6.41. The van der Waals surface area contributed by atoms with Crippen LogP contribution in [0.1, 0.15) is 32.7 Å². The van der Waals surface area contributed by atoms with Gasteiger partial charge in [-0.3, -0.25) is 14.5 Å². The van der Waals surface area contributed by atoms with Crippen LogP contribution in [-0.2, 0) is 6.54 Å². The number of β-amino-alcohol motifs (C(OH)–C–C–N with tert-alkyl or cyclic N) is 1. The molecule has 0 aromatic heterocycles. The average Bonchev–Trinajstić information content (AvgIpc) is 3.00. The van der Waals surface area contributed by atoms with Gasteiger partial charge in [0.1, 0.15) is 6.29 Å². The van der Waals surface area contributed by atoms with Gasteiger partial charge in [0.2, 0.25) is 0 Å². The summed E-state index contributed by atoms with van der Waals surface area (Å²) >= 11 is 0. The van der Waals surface area contributed by atoms with Crippen LogP contribution in [-0.4, -0.2) is 47.4 Å². The van der Waals surface area contributed by atoms with Gasteiger partial charge in [-0.25, -0.2) is 0 Å². The van der Waals surface area contributed by atoms with E-state index >= 15 is 0 Å². The van der Waals surface area contributed by atoms with Crippen molar-refractivity contribution in [3.05, 3.63) is 71.3 Å². The summed E-state index contributed by atoms with van der Waals surface area (Å²) in [6.07, 6.45) is 1.04. The monoisotopic (exact) mass is 338 g/mol. The predicted octanol–water partition coefficient (Wildman–Crippen LogP) is 1.86. The zero-order chi connectivity index (χ0) is 17.6. The molecule has 1 amide bonds. The topological polar surface area (TPSA) is 69.6 Å². The fourth-order valence-electron chi connectivity index (χ4n) is 3.21. The van der Waals surface area contributed by atoms with E-state index in [1.165, 1.54) is 5.56 Å². The van der Waals surface area contributed by atoms with Gasteiger partial charge in [0.05, 0.1) is 6.10 Å². The summed E-state index contributed by atoms with van der Waals surface area (Å²) in [5, 5.41) is 12.9. The zero-order valence-corrected chi connectivity index (χ0v) is 14.0. The van der Waals surface area contributed by atoms with Crippen LogP contribution in [0.3, 0.4) is 0 Å². The molecule has 1 heterocycles. The van der Waals surface area contributed by atoms with Crippen molar-refractivity contribution < 1.29 is 14.7 Å². The Balaban J connectivity index is 1.58. The lowest BCUT2D eigenvalue weighted by Crippen LogP contribution is -2.39. The first-order valence-corrected chi connectivity index (χ1v) is 8.45. The van der Waals surface area contributed by atoms with E-state index in [1.807, 2.05) is 18.2 Å². The number of hydrogen-bond donors (Lipinski definition) is 2. The lowest BCUT2D eigenvalue weighted by atomic mass is 10.1. The third kappa shape index (κ3) is 4.53. The molecule has 3 rings (SSSR count). The Hall–Kier alpha value is -2.50. The highest BCUT2D eigenvalue weighted by Gasteiger charge is 2.30. The van der Waals surface area contributed by atoms with Crippen molar-refractivity contribution in [3.8, 4) is 0 Å². The van der Waals surface area contributed by atoms with Gasteiger partial charge in [-0.1, -0.05) is 42.5 Å². The molecule has 2 N–H and O–H groups in total. The van der Waals surface area contributed by atoms with Gasteiger partial charge in [0, 0.05) is 36.8 Å². The molecule has 2 unspecified atom stereocenters. The van der Waals surface area contributed by atoms with E-state index < -0.39 is 0 Å². The summed E-state index contributed by atoms with van der Waals surface area (Å²) < 4.78 is 0. The number of nitrogens with zero attached hydrogens (tertiary/aromatic N) is 1. The van der Waals surface area contributed by atoms with Gasteiger partial charge in [0.15, 0.2) is 0 Å². The van der Waals surface area contributed by atoms with Crippen molar-refractivity contribution in [2.24, 2.45) is 0 Å². The molecule has 5 nitrogen and oxygen atoms in total. The van der Waals surface area contributed by atoms with Crippen molar-refractivity contribution in [1.29, 1.82) is 0 Å². The van der Waals surface area contributed by atoms with E-state index in [9.17, 15) is 14.7 Å². The lowest BCUT2D eigenvalue weighted by molar-refractivity contribution is 0.0939. The van der Waals surface area contributed by atoms with E-state index in [0.29, 0.717) is 30.6 Å². The molecule has 0 spiro atoms. The zero-order valence-electron chi connectivity index (χ0n) is 14.0. The molecule has 2 atom stereocenters. The number of nitrogens with one attached hydrogen (secondary N) is 1. The molecule has 1 saturated heterocycles. The Kier molecular flexibility index (Phi) is 5.58. The van der Waals surface area contributed by atoms with Crippen LogP contribution in [0.15, 0.2) is 54.6 Å². The van der Waals surface area contributed by atoms with Crippen LogP contribution in [0.5, 0.6) is 0 Å². The van der Waals surface area contributed by atoms with E-state index in [1.54, 1.807) is 24.3 Å². The molecule has 1 aliphatic rings. The molecule has 5 heteroatoms. The molecule has 2 aromatic carbocycles. The maximum absolute atomic E-state index is 12.3. The molecule has 2 aromatic rings. The SMILES string of the molecule is O=Cc1ccc(C(=O)NCC2CC(O)CN2Cc2ccccc2)cc1. The third-order valence-electron chi connectivity index (χ3n) is 4.54. The minimum Gasteiger partial charge on any atom is -0.392 e. The van der Waals surface area contributed by atoms with E-state index in [4.69, 9.17) is 0 Å². The normalized spacial score (nSPS) is 20.4. The van der Waals surface area contributed by atoms with E-state index in [-0.39, 0.29) is 18.1 Å². The number of likely N-dealkylation sites (tertiary alicyclic amines) is 1. The number of amides is 1. The van der Waals surface area contributed by atoms with E-state index in [2.05, 4.69) is 22.3 Å². The number of aliphatic hydroxyl groups is 1. The fourth-order valence-corrected chi connectivity index (χ4v) is 3.21. The maximum Gasteiger partial charge on any atom is 0.251 e. The second-order valence-electron chi connectivity index (χ2n) is 6.41. The summed E-state index contributed by atoms with van der Waals surface area (Å²) in [4.78, 5) is 25.1. The molecule has 25 heavy (non-hydrogen) atoms. The fraction of sp³-hybridized carbons (Fsp3) is 0.300. The van der Waals surface area contributed by atoms with E-state index in [0.717, 1.165) is 12.8 Å². The molecular weight excluding hydrogens is 316 g/mol. The summed E-state index contributed by atoms with van der Waals surface area (Å²) in [5.74, 6) is -0.168. The second kappa shape index (κ2) is 8.05. The molecule has 0 radical (unpaired) electrons. The van der Waals surface area contributed by atoms with Gasteiger partial charge < -0.3 is 10.4 Å². The van der Waals surface area contributed by atoms with Crippen molar-refractivity contribution >= 4 is 12.2 Å². The quantitative estimate of drug-likeness (QED) is 0.789. The van der Waals surface area contributed by atoms with Crippen LogP contribution >= 0.6 is 0 Å². The smallest absolute Gasteiger partial charge is 0.251 e. The maximum atomic E-state index is 12.3. The Morgan fingerprint density at radius 3 is 2.56 bits per heavy atom. The minimum atomic E-state index is -0.363. The first kappa shape index (κ1) is 17.3. The van der Waals surface area contributed by atoms with Crippen molar-refractivity contribution in [2.45, 2.75) is 25.1 Å². The van der Waals surface area contributed by atoms with Crippen LogP contribution in [0.25, 0.3) is 0 Å². The van der Waals surface area contributed by atoms with Gasteiger partial charge in [0.25, 0.3) is 5.91 Å². The van der Waals surface area contributed by atoms with Crippen LogP contribution in [0, 0.1) is 0 Å². The Morgan fingerprint density at radius 2 is 1.88 bits per heavy atom. The summed E-state index contributed by atoms with van der Waals surface area (Å²) in [6, 6.07) is 16.8. The van der Waals surface area contributed by atoms with Gasteiger partial charge in [-0.15, -0.1) is 0 Å². The largest absolute Gasteiger partial charge is 0.392 e. The van der Waals surface area contributed by atoms with Crippen molar-refractivity contribution in [1.82, 2.24) is 10.2 Å². The number of benzene rings is 2. The molecule has 130 valence electrons. The summed E-state index contributed by atoms with van der Waals surface area (Å²) in [7, 11) is 0. The van der Waals surface area contributed by atoms with Crippen molar-refractivity contribution in [3.63, 3.8) is 0 Å². The standard InChI is InChI=1S/C20H22N2O3/c23-14-16-6-8-17(9-7-16)20(25)21-11-18-10-19(24)13-22(18)12-15-4-2-1-3-5-15/h1-9,14,18-19,24H,10-13H2,(H,21,25). The Labute approximate surface area is 147 Å². The van der Waals surface area contributed by atoms with Crippen molar-refractivity contribution in [2.75, 3.05) is 13.1 Å². The molecule has 1 aliphatic heterocycles. The van der Waals surface area contributed by atoms with Gasteiger partial charge in [-0.2, -0.15) is 0 Å². The molecule has 1 fully saturated rings. The Morgan fingerprint density at radius 1 is 1.16 bits per heavy atom. The first-order valence-electron chi connectivity index (χ1n) is 8.45. The summed E-state index contributed by atoms with van der Waals surface area (Å²) in [6.45, 7) is 1.86. The number of aliphatic hydroxyl groups excluding tert-OH is 1. The van der Waals surface area contributed by atoms with Gasteiger partial charge >= 0.3 is 0 Å². The molecule has 0 saturated carbocycles. The third-order valence-corrected chi connectivity index (χ3v) is 4.54. The number of rotatable bonds is 6. The van der Waals surface area contributed by atoms with Crippen LogP contribution < -0.4 is 5.32 Å². The highest BCUT2D eigenvalue weighted by molar-refractivity contribution is 5.94. The molecule has 0 bridgehead atoms. The molecular formula is C20H22N2O3. The summed E-state index contributed by atoms with van der Waals surface area (Å²) in [5.41, 5.74) is 2.26. The Bertz CT molecular complexity index is 715. The predicted molar refractivity (Wildman–Crippen MR) is 95.4 cm³/mol. The van der Waals surface area contributed by atoms with Gasteiger partial charge in [-0.05, 0) is 24.1 Å². The highest BCUT2D eigenvalue weighted by atomic mass is 16.3. The number of aldehydes is 1. The molecule has 0 aliphatic carbocycles.